The molecular weight excluding hydrogens is 202 g/mol. The summed E-state index contributed by atoms with van der Waals surface area (Å²) < 4.78 is 0. The van der Waals surface area contributed by atoms with Gasteiger partial charge in [-0.3, -0.25) is 0 Å². The second-order valence-corrected chi connectivity index (χ2v) is 6.66. The molecule has 1 N–H and O–H groups in total. The maximum Gasteiger partial charge on any atom is 0.0206 e. The first-order chi connectivity index (χ1) is 7.17. The Labute approximate surface area is 99.8 Å². The Kier molecular flexibility index (Phi) is 6.06. The van der Waals surface area contributed by atoms with Crippen molar-refractivity contribution in [3.8, 4) is 0 Å². The molecule has 0 saturated heterocycles. The van der Waals surface area contributed by atoms with Crippen LogP contribution in [0.4, 0.5) is 0 Å². The van der Waals surface area contributed by atoms with Crippen LogP contribution in [0.15, 0.2) is 0 Å². The zero-order valence-corrected chi connectivity index (χ0v) is 11.6. The van der Waals surface area contributed by atoms with Gasteiger partial charge in [0.2, 0.25) is 0 Å². The summed E-state index contributed by atoms with van der Waals surface area (Å²) in [6, 6.07) is 0.769. The molecule has 1 nitrogen and oxygen atoms in total. The Morgan fingerprint density at radius 3 is 2.67 bits per heavy atom. The lowest BCUT2D eigenvalue weighted by atomic mass is 9.87. The molecule has 4 unspecified atom stereocenters. The first kappa shape index (κ1) is 13.4. The number of thioether (sulfide) groups is 1. The molecule has 0 spiro atoms. The summed E-state index contributed by atoms with van der Waals surface area (Å²) >= 11 is 2.21. The lowest BCUT2D eigenvalue weighted by molar-refractivity contribution is 0.320. The van der Waals surface area contributed by atoms with E-state index in [2.05, 4.69) is 44.8 Å². The van der Waals surface area contributed by atoms with Gasteiger partial charge < -0.3 is 5.32 Å². The molecule has 1 fully saturated rings. The van der Waals surface area contributed by atoms with Gasteiger partial charge in [0.15, 0.2) is 0 Å². The predicted octanol–water partition coefficient (Wildman–Crippen LogP) is 3.68. The molecule has 1 aliphatic rings. The third kappa shape index (κ3) is 4.36. The smallest absolute Gasteiger partial charge is 0.0206 e. The van der Waals surface area contributed by atoms with Crippen LogP contribution in [0.1, 0.15) is 53.4 Å². The predicted molar refractivity (Wildman–Crippen MR) is 71.6 cm³/mol. The molecule has 0 aromatic rings. The average Bonchev–Trinajstić information content (AvgIpc) is 2.22. The van der Waals surface area contributed by atoms with Gasteiger partial charge in [-0.2, -0.15) is 11.8 Å². The summed E-state index contributed by atoms with van der Waals surface area (Å²) in [4.78, 5) is 0. The molecule has 4 atom stereocenters. The summed E-state index contributed by atoms with van der Waals surface area (Å²) in [5, 5.41) is 5.34. The van der Waals surface area contributed by atoms with Crippen molar-refractivity contribution in [2.75, 3.05) is 6.54 Å². The van der Waals surface area contributed by atoms with Crippen molar-refractivity contribution in [1.29, 1.82) is 0 Å². The van der Waals surface area contributed by atoms with Crippen LogP contribution >= 0.6 is 11.8 Å². The van der Waals surface area contributed by atoms with E-state index in [-0.39, 0.29) is 0 Å². The van der Waals surface area contributed by atoms with Crippen LogP contribution in [-0.2, 0) is 0 Å². The van der Waals surface area contributed by atoms with Crippen molar-refractivity contribution in [2.24, 2.45) is 5.92 Å². The topological polar surface area (TPSA) is 12.0 Å². The largest absolute Gasteiger partial charge is 0.313 e. The highest BCUT2D eigenvalue weighted by Crippen LogP contribution is 2.35. The summed E-state index contributed by atoms with van der Waals surface area (Å²) in [6.07, 6.45) is 5.50. The Morgan fingerprint density at radius 1 is 1.33 bits per heavy atom. The molecule has 90 valence electrons. The molecular formula is C13H27NS. The minimum absolute atomic E-state index is 0.769. The van der Waals surface area contributed by atoms with E-state index in [1.54, 1.807) is 0 Å². The molecule has 0 aromatic carbocycles. The van der Waals surface area contributed by atoms with Crippen molar-refractivity contribution in [3.63, 3.8) is 0 Å². The molecule has 0 heterocycles. The second kappa shape index (κ2) is 6.80. The van der Waals surface area contributed by atoms with E-state index in [0.29, 0.717) is 0 Å². The van der Waals surface area contributed by atoms with Gasteiger partial charge in [0.25, 0.3) is 0 Å². The van der Waals surface area contributed by atoms with Crippen molar-refractivity contribution in [2.45, 2.75) is 69.9 Å². The zero-order chi connectivity index (χ0) is 11.3. The summed E-state index contributed by atoms with van der Waals surface area (Å²) in [6.45, 7) is 10.4. The van der Waals surface area contributed by atoms with E-state index in [1.807, 2.05) is 0 Å². The van der Waals surface area contributed by atoms with Crippen LogP contribution in [0.2, 0.25) is 0 Å². The number of hydrogen-bond acceptors (Lipinski definition) is 2. The first-order valence-corrected chi connectivity index (χ1v) is 7.50. The minimum atomic E-state index is 0.769. The molecule has 0 bridgehead atoms. The highest BCUT2D eigenvalue weighted by molar-refractivity contribution is 8.00. The van der Waals surface area contributed by atoms with Gasteiger partial charge in [0.05, 0.1) is 0 Å². The first-order valence-electron chi connectivity index (χ1n) is 6.56. The van der Waals surface area contributed by atoms with E-state index in [1.165, 1.54) is 25.7 Å². The third-order valence-electron chi connectivity index (χ3n) is 3.50. The van der Waals surface area contributed by atoms with E-state index in [4.69, 9.17) is 0 Å². The number of nitrogens with one attached hydrogen (secondary N) is 1. The molecule has 0 aliphatic heterocycles. The standard InChI is InChI=1S/C13H27NS/c1-5-11(4)15-13-9-10(3)7-8-12(13)14-6-2/h10-14H,5-9H2,1-4H3. The fraction of sp³-hybridized carbons (Fsp3) is 1.00. The van der Waals surface area contributed by atoms with Gasteiger partial charge in [-0.1, -0.05) is 27.7 Å². The van der Waals surface area contributed by atoms with E-state index < -0.39 is 0 Å². The molecule has 1 aliphatic carbocycles. The Balaban J connectivity index is 2.45. The van der Waals surface area contributed by atoms with Crippen LogP contribution in [0, 0.1) is 5.92 Å². The Bertz CT molecular complexity index is 172. The molecule has 0 radical (unpaired) electrons. The van der Waals surface area contributed by atoms with Crippen LogP contribution in [-0.4, -0.2) is 23.1 Å². The van der Waals surface area contributed by atoms with Crippen molar-refractivity contribution < 1.29 is 0 Å². The van der Waals surface area contributed by atoms with Gasteiger partial charge in [-0.15, -0.1) is 0 Å². The monoisotopic (exact) mass is 229 g/mol. The maximum absolute atomic E-state index is 3.66. The van der Waals surface area contributed by atoms with Gasteiger partial charge in [-0.05, 0) is 38.1 Å². The Hall–Kier alpha value is 0.310. The number of hydrogen-bond donors (Lipinski definition) is 1. The van der Waals surface area contributed by atoms with E-state index >= 15 is 0 Å². The van der Waals surface area contributed by atoms with E-state index in [9.17, 15) is 0 Å². The lowest BCUT2D eigenvalue weighted by Crippen LogP contribution is -2.42. The van der Waals surface area contributed by atoms with Gasteiger partial charge in [0, 0.05) is 16.5 Å². The fourth-order valence-corrected chi connectivity index (χ4v) is 4.02. The molecule has 0 aromatic heterocycles. The lowest BCUT2D eigenvalue weighted by Gasteiger charge is -2.36. The normalized spacial score (nSPS) is 34.0. The van der Waals surface area contributed by atoms with E-state index in [0.717, 1.165) is 29.0 Å². The Morgan fingerprint density at radius 2 is 2.07 bits per heavy atom. The molecule has 2 heteroatoms. The average molecular weight is 229 g/mol. The highest BCUT2D eigenvalue weighted by Gasteiger charge is 2.29. The highest BCUT2D eigenvalue weighted by atomic mass is 32.2. The molecule has 15 heavy (non-hydrogen) atoms. The maximum atomic E-state index is 3.66. The third-order valence-corrected chi connectivity index (χ3v) is 5.17. The van der Waals surface area contributed by atoms with Crippen molar-refractivity contribution in [1.82, 2.24) is 5.32 Å². The van der Waals surface area contributed by atoms with Crippen LogP contribution in [0.25, 0.3) is 0 Å². The SMILES string of the molecule is CCNC1CCC(C)CC1SC(C)CC. The molecule has 0 amide bonds. The summed E-state index contributed by atoms with van der Waals surface area (Å²) in [7, 11) is 0. The fourth-order valence-electron chi connectivity index (χ4n) is 2.37. The second-order valence-electron chi connectivity index (χ2n) is 4.98. The summed E-state index contributed by atoms with van der Waals surface area (Å²) in [5.41, 5.74) is 0. The number of rotatable bonds is 5. The van der Waals surface area contributed by atoms with Gasteiger partial charge in [-0.25, -0.2) is 0 Å². The van der Waals surface area contributed by atoms with Gasteiger partial charge >= 0.3 is 0 Å². The van der Waals surface area contributed by atoms with Crippen LogP contribution in [0.5, 0.6) is 0 Å². The summed E-state index contributed by atoms with van der Waals surface area (Å²) in [5.74, 6) is 0.932. The molecule has 1 rings (SSSR count). The van der Waals surface area contributed by atoms with Gasteiger partial charge in [0.1, 0.15) is 0 Å². The zero-order valence-electron chi connectivity index (χ0n) is 10.8. The molecule has 1 saturated carbocycles. The minimum Gasteiger partial charge on any atom is -0.313 e. The quantitative estimate of drug-likeness (QED) is 0.772. The van der Waals surface area contributed by atoms with Crippen LogP contribution in [0.3, 0.4) is 0 Å². The van der Waals surface area contributed by atoms with Crippen molar-refractivity contribution >= 4 is 11.8 Å². The van der Waals surface area contributed by atoms with Crippen molar-refractivity contribution in [3.05, 3.63) is 0 Å². The van der Waals surface area contributed by atoms with Crippen LogP contribution < -0.4 is 5.32 Å².